The fraction of sp³-hybridized carbons (Fsp3) is 0.316. The second-order valence-corrected chi connectivity index (χ2v) is 5.58. The molecule has 0 spiro atoms. The number of hydrogen-bond acceptors (Lipinski definition) is 2. The summed E-state index contributed by atoms with van der Waals surface area (Å²) in [5, 5.41) is 9.55. The smallest absolute Gasteiger partial charge is 0.0719 e. The van der Waals surface area contributed by atoms with E-state index >= 15 is 0 Å². The van der Waals surface area contributed by atoms with E-state index in [1.807, 2.05) is 30.3 Å². The van der Waals surface area contributed by atoms with Crippen LogP contribution in [0.3, 0.4) is 0 Å². The van der Waals surface area contributed by atoms with Crippen LogP contribution in [0.25, 0.3) is 11.1 Å². The van der Waals surface area contributed by atoms with Crippen molar-refractivity contribution < 1.29 is 0 Å². The summed E-state index contributed by atoms with van der Waals surface area (Å²) in [7, 11) is 4.14. The van der Waals surface area contributed by atoms with E-state index in [0.29, 0.717) is 0 Å². The van der Waals surface area contributed by atoms with Crippen LogP contribution in [0.4, 0.5) is 0 Å². The number of hydrogen-bond donors (Lipinski definition) is 0. The van der Waals surface area contributed by atoms with Crippen LogP contribution in [0.1, 0.15) is 24.3 Å². The van der Waals surface area contributed by atoms with Crippen LogP contribution < -0.4 is 0 Å². The van der Waals surface area contributed by atoms with Crippen LogP contribution in [-0.2, 0) is 0 Å². The summed E-state index contributed by atoms with van der Waals surface area (Å²) in [6.07, 6.45) is 1.94. The first kappa shape index (κ1) is 15.3. The molecule has 0 bridgehead atoms. The molecular formula is C19H22N2. The van der Waals surface area contributed by atoms with Gasteiger partial charge in [0.2, 0.25) is 0 Å². The predicted octanol–water partition coefficient (Wildman–Crippen LogP) is 4.30. The van der Waals surface area contributed by atoms with Gasteiger partial charge < -0.3 is 4.90 Å². The number of benzene rings is 2. The summed E-state index contributed by atoms with van der Waals surface area (Å²) in [6, 6.07) is 21.1. The second-order valence-electron chi connectivity index (χ2n) is 5.58. The van der Waals surface area contributed by atoms with Crippen molar-refractivity contribution in [3.63, 3.8) is 0 Å². The zero-order valence-electron chi connectivity index (χ0n) is 12.8. The number of nitrogens with zero attached hydrogens (tertiary/aromatic N) is 2. The molecule has 0 aliphatic rings. The molecule has 0 aliphatic carbocycles. The minimum absolute atomic E-state index is 0.0404. The molecule has 21 heavy (non-hydrogen) atoms. The van der Waals surface area contributed by atoms with Crippen LogP contribution in [-0.4, -0.2) is 25.5 Å². The van der Waals surface area contributed by atoms with Crippen LogP contribution in [0.5, 0.6) is 0 Å². The SMILES string of the molecule is CN(C)CCCC(C#N)c1ccccc1-c1ccccc1. The second kappa shape index (κ2) is 7.61. The highest BCUT2D eigenvalue weighted by Gasteiger charge is 2.15. The average molecular weight is 278 g/mol. The van der Waals surface area contributed by atoms with Crippen LogP contribution >= 0.6 is 0 Å². The third-order valence-electron chi connectivity index (χ3n) is 3.67. The van der Waals surface area contributed by atoms with Gasteiger partial charge in [-0.3, -0.25) is 0 Å². The summed E-state index contributed by atoms with van der Waals surface area (Å²) in [5.41, 5.74) is 3.50. The van der Waals surface area contributed by atoms with Crippen LogP contribution in [0.15, 0.2) is 54.6 Å². The minimum Gasteiger partial charge on any atom is -0.309 e. The third-order valence-corrected chi connectivity index (χ3v) is 3.67. The molecule has 2 heteroatoms. The predicted molar refractivity (Wildman–Crippen MR) is 88.0 cm³/mol. The Labute approximate surface area is 127 Å². The molecule has 0 N–H and O–H groups in total. The molecule has 0 aliphatic heterocycles. The molecule has 0 heterocycles. The van der Waals surface area contributed by atoms with Crippen molar-refractivity contribution in [2.75, 3.05) is 20.6 Å². The zero-order chi connectivity index (χ0) is 15.1. The quantitative estimate of drug-likeness (QED) is 0.787. The molecule has 2 rings (SSSR count). The Hall–Kier alpha value is -2.11. The van der Waals surface area contributed by atoms with Gasteiger partial charge in [-0.15, -0.1) is 0 Å². The molecule has 0 saturated carbocycles. The number of nitriles is 1. The zero-order valence-corrected chi connectivity index (χ0v) is 12.8. The maximum absolute atomic E-state index is 9.55. The monoisotopic (exact) mass is 278 g/mol. The van der Waals surface area contributed by atoms with Crippen LogP contribution in [0.2, 0.25) is 0 Å². The van der Waals surface area contributed by atoms with Crippen molar-refractivity contribution in [1.29, 1.82) is 5.26 Å². The Balaban J connectivity index is 2.24. The molecule has 0 radical (unpaired) electrons. The first-order valence-corrected chi connectivity index (χ1v) is 7.41. The average Bonchev–Trinajstić information content (AvgIpc) is 2.52. The highest BCUT2D eigenvalue weighted by molar-refractivity contribution is 5.68. The molecule has 2 nitrogen and oxygen atoms in total. The Morgan fingerprint density at radius 3 is 2.33 bits per heavy atom. The van der Waals surface area contributed by atoms with E-state index in [4.69, 9.17) is 0 Å². The van der Waals surface area contributed by atoms with E-state index < -0.39 is 0 Å². The fourth-order valence-electron chi connectivity index (χ4n) is 2.58. The van der Waals surface area contributed by atoms with E-state index in [-0.39, 0.29) is 5.92 Å². The lowest BCUT2D eigenvalue weighted by Crippen LogP contribution is -2.13. The summed E-state index contributed by atoms with van der Waals surface area (Å²) < 4.78 is 0. The van der Waals surface area contributed by atoms with E-state index in [2.05, 4.69) is 49.3 Å². The Morgan fingerprint density at radius 1 is 1.00 bits per heavy atom. The van der Waals surface area contributed by atoms with Crippen molar-refractivity contribution in [3.05, 3.63) is 60.2 Å². The van der Waals surface area contributed by atoms with E-state index in [0.717, 1.165) is 24.9 Å². The van der Waals surface area contributed by atoms with E-state index in [1.165, 1.54) is 11.1 Å². The topological polar surface area (TPSA) is 27.0 Å². The lowest BCUT2D eigenvalue weighted by atomic mass is 9.88. The maximum Gasteiger partial charge on any atom is 0.0719 e. The van der Waals surface area contributed by atoms with Crippen molar-refractivity contribution >= 4 is 0 Å². The highest BCUT2D eigenvalue weighted by Crippen LogP contribution is 2.31. The molecule has 0 amide bonds. The standard InChI is InChI=1S/C19H22N2/c1-21(2)14-8-11-17(15-20)19-13-7-6-12-18(19)16-9-4-3-5-10-16/h3-7,9-10,12-13,17H,8,11,14H2,1-2H3. The van der Waals surface area contributed by atoms with Gasteiger partial charge in [0.05, 0.1) is 12.0 Å². The fourth-order valence-corrected chi connectivity index (χ4v) is 2.58. The Bertz CT molecular complexity index is 596. The molecule has 0 saturated heterocycles. The highest BCUT2D eigenvalue weighted by atomic mass is 15.0. The van der Waals surface area contributed by atoms with Gasteiger partial charge in [0, 0.05) is 0 Å². The van der Waals surface area contributed by atoms with Crippen molar-refractivity contribution in [2.24, 2.45) is 0 Å². The van der Waals surface area contributed by atoms with Gasteiger partial charge in [-0.25, -0.2) is 0 Å². The Kier molecular flexibility index (Phi) is 5.54. The molecule has 0 aromatic heterocycles. The maximum atomic E-state index is 9.55. The Morgan fingerprint density at radius 2 is 1.67 bits per heavy atom. The molecular weight excluding hydrogens is 256 g/mol. The van der Waals surface area contributed by atoms with Gasteiger partial charge >= 0.3 is 0 Å². The lowest BCUT2D eigenvalue weighted by molar-refractivity contribution is 0.391. The minimum atomic E-state index is -0.0404. The van der Waals surface area contributed by atoms with Crippen molar-refractivity contribution in [2.45, 2.75) is 18.8 Å². The number of rotatable bonds is 6. The molecule has 0 fully saturated rings. The van der Waals surface area contributed by atoms with Gasteiger partial charge in [-0.05, 0) is 50.2 Å². The van der Waals surface area contributed by atoms with Crippen molar-refractivity contribution in [3.8, 4) is 17.2 Å². The van der Waals surface area contributed by atoms with E-state index in [1.54, 1.807) is 0 Å². The summed E-state index contributed by atoms with van der Waals surface area (Å²) >= 11 is 0. The first-order valence-electron chi connectivity index (χ1n) is 7.41. The van der Waals surface area contributed by atoms with Crippen molar-refractivity contribution in [1.82, 2.24) is 4.90 Å². The summed E-state index contributed by atoms with van der Waals surface area (Å²) in [5.74, 6) is -0.0404. The molecule has 108 valence electrons. The van der Waals surface area contributed by atoms with Crippen LogP contribution in [0, 0.1) is 11.3 Å². The molecule has 2 aromatic rings. The van der Waals surface area contributed by atoms with Gasteiger partial charge in [0.25, 0.3) is 0 Å². The molecule has 2 aromatic carbocycles. The van der Waals surface area contributed by atoms with E-state index in [9.17, 15) is 5.26 Å². The molecule has 1 atom stereocenters. The normalized spacial score (nSPS) is 12.1. The van der Waals surface area contributed by atoms with Gasteiger partial charge in [0.1, 0.15) is 0 Å². The van der Waals surface area contributed by atoms with Gasteiger partial charge in [-0.2, -0.15) is 5.26 Å². The summed E-state index contributed by atoms with van der Waals surface area (Å²) in [6.45, 7) is 1.02. The summed E-state index contributed by atoms with van der Waals surface area (Å²) in [4.78, 5) is 2.16. The molecule has 1 unspecified atom stereocenters. The first-order chi connectivity index (χ1) is 10.2. The van der Waals surface area contributed by atoms with Gasteiger partial charge in [-0.1, -0.05) is 54.6 Å². The van der Waals surface area contributed by atoms with Gasteiger partial charge in [0.15, 0.2) is 0 Å². The lowest BCUT2D eigenvalue weighted by Gasteiger charge is -2.16. The third kappa shape index (κ3) is 4.18. The largest absolute Gasteiger partial charge is 0.309 e.